The molecule has 0 unspecified atom stereocenters. The van der Waals surface area contributed by atoms with Crippen LogP contribution in [0.15, 0.2) is 37.0 Å². The summed E-state index contributed by atoms with van der Waals surface area (Å²) in [4.78, 5) is 28.8. The number of unbranched alkanes of at least 4 members (excludes halogenated alkanes) is 1. The van der Waals surface area contributed by atoms with Crippen molar-refractivity contribution in [3.05, 3.63) is 37.0 Å². The largest absolute Gasteiger partial charge is 0.545 e. The summed E-state index contributed by atoms with van der Waals surface area (Å²) in [5, 5.41) is 28.8. The molecule has 0 fully saturated rings. The van der Waals surface area contributed by atoms with Crippen LogP contribution in [-0.2, 0) is 28.6 Å². The quantitative estimate of drug-likeness (QED) is 0.194. The number of carboxylic acid groups (broad SMARTS) is 3. The number of carboxylic acids is 3. The van der Waals surface area contributed by atoms with Crippen LogP contribution in [0, 0.1) is 0 Å². The van der Waals surface area contributed by atoms with Gasteiger partial charge in [-0.3, -0.25) is 0 Å². The van der Waals surface area contributed by atoms with Gasteiger partial charge in [-0.15, -0.1) is 0 Å². The Hall–Kier alpha value is -2.17. The standard InChI is InChI=1S/3C5H8O3.C4H9.Sn/c3*1-2-8-4-3-5(6)7;1-3-4-2;/h3*3-4H,2H2,1H3,(H,6,7);1,3-4H2,2H3;/q;;;;+3/p-3. The molecular formula is C19H30O9Sn. The number of hydrogen-bond acceptors (Lipinski definition) is 9. The van der Waals surface area contributed by atoms with Crippen LogP contribution in [0.2, 0.25) is 4.44 Å². The molecule has 164 valence electrons. The van der Waals surface area contributed by atoms with E-state index in [1.165, 1.54) is 17.3 Å². The third-order valence-electron chi connectivity index (χ3n) is 1.93. The fraction of sp³-hybridized carbons (Fsp3) is 0.526. The molecule has 0 rings (SSSR count). The zero-order valence-corrected chi connectivity index (χ0v) is 20.2. The molecule has 0 aliphatic heterocycles. The van der Waals surface area contributed by atoms with Gasteiger partial charge in [0.25, 0.3) is 0 Å². The maximum absolute atomic E-state index is 9.60. The van der Waals surface area contributed by atoms with E-state index in [4.69, 9.17) is 0 Å². The van der Waals surface area contributed by atoms with Crippen LogP contribution in [-0.4, -0.2) is 60.3 Å². The molecule has 0 amide bonds. The molecule has 0 heterocycles. The van der Waals surface area contributed by atoms with E-state index in [1.807, 2.05) is 0 Å². The first-order chi connectivity index (χ1) is 13.7. The first-order valence-electron chi connectivity index (χ1n) is 8.85. The summed E-state index contributed by atoms with van der Waals surface area (Å²) in [6, 6.07) is 0. The fourth-order valence-electron chi connectivity index (χ4n) is 0.776. The Balaban J connectivity index is -0.000000146. The maximum atomic E-state index is 9.60. The van der Waals surface area contributed by atoms with Crippen molar-refractivity contribution in [2.24, 2.45) is 0 Å². The molecule has 0 aromatic carbocycles. The predicted octanol–water partition coefficient (Wildman–Crippen LogP) is -0.767. The minimum atomic E-state index is -1.24. The van der Waals surface area contributed by atoms with E-state index >= 15 is 0 Å². The summed E-state index contributed by atoms with van der Waals surface area (Å²) < 4.78 is 15.1. The second-order valence-corrected chi connectivity index (χ2v) is 5.76. The molecule has 0 radical (unpaired) electrons. The molecular weight excluding hydrogens is 491 g/mol. The maximum Gasteiger partial charge on any atom is 0.0846 e. The second kappa shape index (κ2) is 33.4. The Labute approximate surface area is 186 Å². The third-order valence-corrected chi connectivity index (χ3v) is 2.94. The molecule has 0 saturated carbocycles. The van der Waals surface area contributed by atoms with E-state index in [2.05, 4.69) is 21.1 Å². The molecule has 0 aliphatic carbocycles. The van der Waals surface area contributed by atoms with E-state index in [0.29, 0.717) is 19.8 Å². The Morgan fingerprint density at radius 2 is 0.966 bits per heavy atom. The van der Waals surface area contributed by atoms with Crippen molar-refractivity contribution in [3.8, 4) is 0 Å². The summed E-state index contributed by atoms with van der Waals surface area (Å²) in [6.07, 6.45) is 8.58. The van der Waals surface area contributed by atoms with Crippen molar-refractivity contribution >= 4 is 40.4 Å². The van der Waals surface area contributed by atoms with E-state index in [9.17, 15) is 29.7 Å². The van der Waals surface area contributed by atoms with Crippen LogP contribution in [0.25, 0.3) is 0 Å². The smallest absolute Gasteiger partial charge is 0.0846 e. The second-order valence-electron chi connectivity index (χ2n) is 4.33. The summed E-state index contributed by atoms with van der Waals surface area (Å²) in [5.74, 6) is -3.71. The molecule has 0 aliphatic rings. The molecule has 10 heteroatoms. The first kappa shape index (κ1) is 34.3. The number of aliphatic carboxylic acids is 3. The van der Waals surface area contributed by atoms with Crippen molar-refractivity contribution in [3.63, 3.8) is 0 Å². The van der Waals surface area contributed by atoms with Gasteiger partial charge in [0.2, 0.25) is 0 Å². The molecule has 0 spiro atoms. The number of carbonyl (C=O) groups is 3. The van der Waals surface area contributed by atoms with Crippen LogP contribution in [0.3, 0.4) is 0 Å². The molecule has 0 atom stereocenters. The summed E-state index contributed by atoms with van der Waals surface area (Å²) in [6.45, 7) is 8.94. The van der Waals surface area contributed by atoms with Crippen LogP contribution in [0.1, 0.15) is 40.5 Å². The van der Waals surface area contributed by atoms with E-state index in [0.717, 1.165) is 37.0 Å². The van der Waals surface area contributed by atoms with Gasteiger partial charge < -0.3 is 43.9 Å². The van der Waals surface area contributed by atoms with Gasteiger partial charge in [0.15, 0.2) is 0 Å². The Morgan fingerprint density at radius 3 is 1.07 bits per heavy atom. The van der Waals surface area contributed by atoms with Gasteiger partial charge in [0.05, 0.1) is 56.5 Å². The van der Waals surface area contributed by atoms with Crippen LogP contribution in [0.5, 0.6) is 0 Å². The minimum Gasteiger partial charge on any atom is -0.545 e. The van der Waals surface area contributed by atoms with Gasteiger partial charge in [-0.2, -0.15) is 0 Å². The zero-order chi connectivity index (χ0) is 23.3. The third kappa shape index (κ3) is 66.7. The van der Waals surface area contributed by atoms with Gasteiger partial charge in [-0.05, 0) is 39.0 Å². The van der Waals surface area contributed by atoms with Gasteiger partial charge in [-0.25, -0.2) is 0 Å². The van der Waals surface area contributed by atoms with Crippen LogP contribution in [0.4, 0.5) is 0 Å². The molecule has 9 nitrogen and oxygen atoms in total. The predicted molar refractivity (Wildman–Crippen MR) is 103 cm³/mol. The van der Waals surface area contributed by atoms with Crippen LogP contribution < -0.4 is 15.3 Å². The minimum absolute atomic E-state index is 0.476. The van der Waals surface area contributed by atoms with Gasteiger partial charge >= 0.3 is 46.7 Å². The van der Waals surface area contributed by atoms with Gasteiger partial charge in [-0.1, -0.05) is 0 Å². The molecule has 0 aromatic rings. The average molecular weight is 521 g/mol. The van der Waals surface area contributed by atoms with Gasteiger partial charge in [0, 0.05) is 0 Å². The Bertz CT molecular complexity index is 397. The van der Waals surface area contributed by atoms with Crippen molar-refractivity contribution < 1.29 is 43.9 Å². The van der Waals surface area contributed by atoms with E-state index < -0.39 is 17.9 Å². The first-order valence-corrected chi connectivity index (χ1v) is 10.9. The van der Waals surface area contributed by atoms with E-state index in [1.54, 1.807) is 43.3 Å². The van der Waals surface area contributed by atoms with E-state index in [-0.39, 0.29) is 0 Å². The van der Waals surface area contributed by atoms with Crippen molar-refractivity contribution in [1.82, 2.24) is 0 Å². The van der Waals surface area contributed by atoms with Crippen LogP contribution >= 0.6 is 0 Å². The molecule has 0 aromatic heterocycles. The normalized spacial score (nSPS) is 9.45. The SMILES string of the molecule is CCC[CH2][Sn+3].CCOC=CC(=O)[O-].CCOC=CC(=O)[O-].CCOC=CC(=O)[O-]. The topological polar surface area (TPSA) is 148 Å². The Morgan fingerprint density at radius 1 is 0.690 bits per heavy atom. The zero-order valence-electron chi connectivity index (χ0n) is 17.4. The summed E-state index contributed by atoms with van der Waals surface area (Å²) in [7, 11) is 0. The Kier molecular flexibility index (Phi) is 39.6. The van der Waals surface area contributed by atoms with Crippen molar-refractivity contribution in [2.75, 3.05) is 19.8 Å². The average Bonchev–Trinajstić information content (AvgIpc) is 2.64. The molecule has 0 saturated heterocycles. The molecule has 0 N–H and O–H groups in total. The monoisotopic (exact) mass is 522 g/mol. The molecule has 0 bridgehead atoms. The number of ether oxygens (including phenoxy) is 3. The fourth-order valence-corrected chi connectivity index (χ4v) is 1.79. The van der Waals surface area contributed by atoms with Crippen molar-refractivity contribution in [1.29, 1.82) is 0 Å². The number of rotatable bonds is 11. The van der Waals surface area contributed by atoms with Gasteiger partial charge in [0.1, 0.15) is 0 Å². The summed E-state index contributed by atoms with van der Waals surface area (Å²) in [5.41, 5.74) is 0. The van der Waals surface area contributed by atoms with Crippen molar-refractivity contribution in [2.45, 2.75) is 45.0 Å². The number of hydrogen-bond donors (Lipinski definition) is 0. The summed E-state index contributed by atoms with van der Waals surface area (Å²) >= 11 is 1.68. The molecule has 29 heavy (non-hydrogen) atoms. The number of carbonyl (C=O) groups excluding carboxylic acids is 3.